The van der Waals surface area contributed by atoms with Crippen molar-refractivity contribution in [2.75, 3.05) is 59.4 Å². The van der Waals surface area contributed by atoms with E-state index in [1.54, 1.807) is 12.1 Å². The number of piperazine rings is 2. The van der Waals surface area contributed by atoms with Crippen molar-refractivity contribution in [3.05, 3.63) is 35.6 Å². The van der Waals surface area contributed by atoms with Crippen LogP contribution in [0.1, 0.15) is 11.5 Å². The van der Waals surface area contributed by atoms with Gasteiger partial charge in [-0.1, -0.05) is 12.1 Å². The zero-order valence-corrected chi connectivity index (χ0v) is 13.4. The van der Waals surface area contributed by atoms with Crippen LogP contribution >= 0.6 is 0 Å². The summed E-state index contributed by atoms with van der Waals surface area (Å²) in [6, 6.07) is 7.58. The first-order chi connectivity index (χ1) is 10.7. The van der Waals surface area contributed by atoms with Crippen LogP contribution in [0.3, 0.4) is 0 Å². The highest BCUT2D eigenvalue weighted by molar-refractivity contribution is 5.23. The molecule has 0 unspecified atom stereocenters. The lowest BCUT2D eigenvalue weighted by atomic mass is 9.88. The number of halogens is 1. The molecule has 2 N–H and O–H groups in total. The fourth-order valence-electron chi connectivity index (χ4n) is 3.61. The Morgan fingerprint density at radius 3 is 2.45 bits per heavy atom. The molecule has 3 rings (SSSR count). The molecule has 2 saturated heterocycles. The molecule has 22 heavy (non-hydrogen) atoms. The highest BCUT2D eigenvalue weighted by atomic mass is 19.1. The molecule has 0 saturated carbocycles. The Labute approximate surface area is 132 Å². The van der Waals surface area contributed by atoms with Crippen LogP contribution in [0, 0.1) is 5.82 Å². The summed E-state index contributed by atoms with van der Waals surface area (Å²) in [5.41, 5.74) is 1.25. The first kappa shape index (κ1) is 15.9. The largest absolute Gasteiger partial charge is 0.314 e. The lowest BCUT2D eigenvalue weighted by Gasteiger charge is -2.41. The Hall–Kier alpha value is -1.01. The van der Waals surface area contributed by atoms with Gasteiger partial charge < -0.3 is 20.4 Å². The molecular formula is C17H27FN4. The minimum Gasteiger partial charge on any atom is -0.314 e. The second kappa shape index (κ2) is 7.51. The first-order valence-corrected chi connectivity index (χ1v) is 8.33. The number of nitrogens with zero attached hydrogens (tertiary/aromatic N) is 2. The predicted molar refractivity (Wildman–Crippen MR) is 87.7 cm³/mol. The number of nitrogens with one attached hydrogen (secondary N) is 2. The molecule has 0 spiro atoms. The molecule has 0 radical (unpaired) electrons. The summed E-state index contributed by atoms with van der Waals surface area (Å²) in [6.45, 7) is 8.50. The van der Waals surface area contributed by atoms with Crippen LogP contribution in [-0.2, 0) is 0 Å². The fourth-order valence-corrected chi connectivity index (χ4v) is 3.61. The van der Waals surface area contributed by atoms with E-state index in [1.807, 2.05) is 12.1 Å². The maximum atomic E-state index is 13.3. The van der Waals surface area contributed by atoms with Crippen LogP contribution in [0.4, 0.5) is 4.39 Å². The third kappa shape index (κ3) is 3.84. The van der Waals surface area contributed by atoms with Gasteiger partial charge in [0.1, 0.15) is 5.82 Å². The Morgan fingerprint density at radius 2 is 1.77 bits per heavy atom. The molecule has 122 valence electrons. The lowest BCUT2D eigenvalue weighted by molar-refractivity contribution is 0.137. The van der Waals surface area contributed by atoms with Crippen molar-refractivity contribution in [2.45, 2.75) is 12.0 Å². The normalized spacial score (nSPS) is 26.0. The summed E-state index contributed by atoms with van der Waals surface area (Å²) in [6.07, 6.45) is 0. The molecular weight excluding hydrogens is 279 g/mol. The minimum absolute atomic E-state index is 0.153. The van der Waals surface area contributed by atoms with Crippen molar-refractivity contribution in [1.82, 2.24) is 20.4 Å². The van der Waals surface area contributed by atoms with Crippen LogP contribution in [-0.4, -0.2) is 75.2 Å². The van der Waals surface area contributed by atoms with Crippen molar-refractivity contribution in [2.24, 2.45) is 0 Å². The SMILES string of the molecule is CN1CCNC[C@H]1[C@@H](CN1CCNCC1)c1ccc(F)cc1. The quantitative estimate of drug-likeness (QED) is 0.858. The number of benzene rings is 1. The molecule has 0 aliphatic carbocycles. The average molecular weight is 306 g/mol. The van der Waals surface area contributed by atoms with E-state index in [4.69, 9.17) is 0 Å². The molecule has 1 aromatic carbocycles. The van der Waals surface area contributed by atoms with Gasteiger partial charge in [-0.2, -0.15) is 0 Å². The molecule has 2 fully saturated rings. The van der Waals surface area contributed by atoms with E-state index < -0.39 is 0 Å². The summed E-state index contributed by atoms with van der Waals surface area (Å²) >= 11 is 0. The second-order valence-corrected chi connectivity index (χ2v) is 6.46. The van der Waals surface area contributed by atoms with Crippen LogP contribution in [0.15, 0.2) is 24.3 Å². The van der Waals surface area contributed by atoms with Gasteiger partial charge in [0.2, 0.25) is 0 Å². The molecule has 5 heteroatoms. The van der Waals surface area contributed by atoms with Gasteiger partial charge in [-0.3, -0.25) is 0 Å². The van der Waals surface area contributed by atoms with Gasteiger partial charge in [0.05, 0.1) is 0 Å². The molecule has 2 aliphatic rings. The number of hydrogen-bond acceptors (Lipinski definition) is 4. The van der Waals surface area contributed by atoms with Crippen LogP contribution in [0.25, 0.3) is 0 Å². The molecule has 4 nitrogen and oxygen atoms in total. The summed E-state index contributed by atoms with van der Waals surface area (Å²) < 4.78 is 13.3. The zero-order chi connectivity index (χ0) is 15.4. The maximum absolute atomic E-state index is 13.3. The van der Waals surface area contributed by atoms with Crippen molar-refractivity contribution < 1.29 is 4.39 Å². The van der Waals surface area contributed by atoms with Gasteiger partial charge in [-0.05, 0) is 24.7 Å². The van der Waals surface area contributed by atoms with Gasteiger partial charge in [0, 0.05) is 64.3 Å². The highest BCUT2D eigenvalue weighted by Crippen LogP contribution is 2.26. The Morgan fingerprint density at radius 1 is 1.09 bits per heavy atom. The molecule has 0 aromatic heterocycles. The minimum atomic E-state index is -0.153. The van der Waals surface area contributed by atoms with Crippen molar-refractivity contribution in [3.8, 4) is 0 Å². The monoisotopic (exact) mass is 306 g/mol. The molecule has 2 heterocycles. The smallest absolute Gasteiger partial charge is 0.123 e. The average Bonchev–Trinajstić information content (AvgIpc) is 2.55. The van der Waals surface area contributed by atoms with Crippen molar-refractivity contribution in [3.63, 3.8) is 0 Å². The highest BCUT2D eigenvalue weighted by Gasteiger charge is 2.30. The summed E-state index contributed by atoms with van der Waals surface area (Å²) in [5.74, 6) is 0.260. The van der Waals surface area contributed by atoms with Gasteiger partial charge in [0.25, 0.3) is 0 Å². The molecule has 2 atom stereocenters. The standard InChI is InChI=1S/C17H27FN4/c1-21-9-6-20-12-17(21)16(13-22-10-7-19-8-11-22)14-2-4-15(18)5-3-14/h2-5,16-17,19-20H,6-13H2,1H3/t16-,17-/m0/s1. The number of likely N-dealkylation sites (N-methyl/N-ethyl adjacent to an activating group) is 1. The van der Waals surface area contributed by atoms with E-state index in [0.29, 0.717) is 12.0 Å². The topological polar surface area (TPSA) is 30.5 Å². The van der Waals surface area contributed by atoms with E-state index in [2.05, 4.69) is 27.5 Å². The Bertz CT molecular complexity index is 458. The number of hydrogen-bond donors (Lipinski definition) is 2. The molecule has 0 bridgehead atoms. The molecule has 1 aromatic rings. The lowest BCUT2D eigenvalue weighted by Crippen LogP contribution is -2.55. The summed E-state index contributed by atoms with van der Waals surface area (Å²) in [4.78, 5) is 4.99. The summed E-state index contributed by atoms with van der Waals surface area (Å²) in [5, 5.41) is 6.93. The molecule has 2 aliphatic heterocycles. The van der Waals surface area contributed by atoms with E-state index in [0.717, 1.165) is 52.4 Å². The van der Waals surface area contributed by atoms with E-state index in [-0.39, 0.29) is 5.82 Å². The Balaban J connectivity index is 1.78. The van der Waals surface area contributed by atoms with Crippen molar-refractivity contribution >= 4 is 0 Å². The van der Waals surface area contributed by atoms with Crippen LogP contribution in [0.2, 0.25) is 0 Å². The van der Waals surface area contributed by atoms with Gasteiger partial charge in [0.15, 0.2) is 0 Å². The second-order valence-electron chi connectivity index (χ2n) is 6.46. The maximum Gasteiger partial charge on any atom is 0.123 e. The van der Waals surface area contributed by atoms with Gasteiger partial charge >= 0.3 is 0 Å². The summed E-state index contributed by atoms with van der Waals surface area (Å²) in [7, 11) is 2.21. The first-order valence-electron chi connectivity index (χ1n) is 8.33. The number of rotatable bonds is 4. The van der Waals surface area contributed by atoms with Gasteiger partial charge in [-0.25, -0.2) is 4.39 Å². The zero-order valence-electron chi connectivity index (χ0n) is 13.4. The van der Waals surface area contributed by atoms with E-state index in [1.165, 1.54) is 5.56 Å². The third-order valence-corrected chi connectivity index (χ3v) is 4.99. The van der Waals surface area contributed by atoms with Crippen LogP contribution in [0.5, 0.6) is 0 Å². The predicted octanol–water partition coefficient (Wildman–Crippen LogP) is 0.718. The van der Waals surface area contributed by atoms with Crippen molar-refractivity contribution in [1.29, 1.82) is 0 Å². The van der Waals surface area contributed by atoms with E-state index in [9.17, 15) is 4.39 Å². The van der Waals surface area contributed by atoms with Crippen LogP contribution < -0.4 is 10.6 Å². The molecule has 0 amide bonds. The fraction of sp³-hybridized carbons (Fsp3) is 0.647. The Kier molecular flexibility index (Phi) is 5.41. The van der Waals surface area contributed by atoms with Gasteiger partial charge in [-0.15, -0.1) is 0 Å². The van der Waals surface area contributed by atoms with E-state index >= 15 is 0 Å². The third-order valence-electron chi connectivity index (χ3n) is 4.99.